The predicted octanol–water partition coefficient (Wildman–Crippen LogP) is 3.87. The van der Waals surface area contributed by atoms with Gasteiger partial charge in [0.25, 0.3) is 0 Å². The zero-order chi connectivity index (χ0) is 12.4. The third-order valence-corrected chi connectivity index (χ3v) is 5.51. The molecule has 2 aliphatic rings. The molecular weight excluding hydrogens is 238 g/mol. The Morgan fingerprint density at radius 2 is 2.17 bits per heavy atom. The van der Waals surface area contributed by atoms with E-state index < -0.39 is 0 Å². The van der Waals surface area contributed by atoms with Crippen LogP contribution < -0.4 is 5.32 Å². The third kappa shape index (κ3) is 2.92. The van der Waals surface area contributed by atoms with Crippen molar-refractivity contribution in [3.63, 3.8) is 0 Å². The standard InChI is InChI=1S/C16H23NS/c1-2-9-17-14(10-12-7-8-12)16-11-13-5-3-4-6-15(13)18-16/h3-6,12,14,16-17H,2,7-11H2,1H3. The zero-order valence-corrected chi connectivity index (χ0v) is 12.0. The first-order valence-electron chi connectivity index (χ1n) is 7.34. The maximum atomic E-state index is 3.80. The Morgan fingerprint density at radius 1 is 1.33 bits per heavy atom. The second kappa shape index (κ2) is 5.66. The van der Waals surface area contributed by atoms with Crippen LogP contribution in [0.5, 0.6) is 0 Å². The lowest BCUT2D eigenvalue weighted by Crippen LogP contribution is -2.39. The molecule has 0 spiro atoms. The minimum atomic E-state index is 0.717. The van der Waals surface area contributed by atoms with Gasteiger partial charge in [-0.3, -0.25) is 0 Å². The van der Waals surface area contributed by atoms with Crippen molar-refractivity contribution in [2.45, 2.75) is 55.2 Å². The van der Waals surface area contributed by atoms with Crippen LogP contribution in [0.2, 0.25) is 0 Å². The molecule has 0 saturated heterocycles. The van der Waals surface area contributed by atoms with Gasteiger partial charge in [-0.2, -0.15) is 0 Å². The monoisotopic (exact) mass is 261 g/mol. The second-order valence-corrected chi connectivity index (χ2v) is 6.99. The molecule has 1 aliphatic carbocycles. The number of nitrogens with one attached hydrogen (secondary N) is 1. The van der Waals surface area contributed by atoms with Gasteiger partial charge >= 0.3 is 0 Å². The molecule has 1 aromatic rings. The molecule has 1 fully saturated rings. The summed E-state index contributed by atoms with van der Waals surface area (Å²) < 4.78 is 0. The van der Waals surface area contributed by atoms with Crippen molar-refractivity contribution in [1.29, 1.82) is 0 Å². The van der Waals surface area contributed by atoms with Gasteiger partial charge < -0.3 is 5.32 Å². The van der Waals surface area contributed by atoms with Gasteiger partial charge in [-0.1, -0.05) is 38.0 Å². The minimum Gasteiger partial charge on any atom is -0.313 e. The first-order valence-corrected chi connectivity index (χ1v) is 8.22. The molecule has 1 N–H and O–H groups in total. The summed E-state index contributed by atoms with van der Waals surface area (Å²) in [4.78, 5) is 1.52. The van der Waals surface area contributed by atoms with E-state index in [1.165, 1.54) is 43.5 Å². The lowest BCUT2D eigenvalue weighted by Gasteiger charge is -2.24. The molecule has 0 aromatic heterocycles. The molecule has 1 aliphatic heterocycles. The third-order valence-electron chi connectivity index (χ3n) is 4.06. The van der Waals surface area contributed by atoms with E-state index in [2.05, 4.69) is 48.3 Å². The van der Waals surface area contributed by atoms with Gasteiger partial charge in [0, 0.05) is 16.2 Å². The first kappa shape index (κ1) is 12.6. The quantitative estimate of drug-likeness (QED) is 0.834. The average molecular weight is 261 g/mol. The summed E-state index contributed by atoms with van der Waals surface area (Å²) in [6, 6.07) is 9.65. The highest BCUT2D eigenvalue weighted by molar-refractivity contribution is 8.00. The highest BCUT2D eigenvalue weighted by atomic mass is 32.2. The number of hydrogen-bond acceptors (Lipinski definition) is 2. The van der Waals surface area contributed by atoms with Crippen molar-refractivity contribution in [1.82, 2.24) is 5.32 Å². The van der Waals surface area contributed by atoms with Crippen molar-refractivity contribution in [3.8, 4) is 0 Å². The molecule has 2 atom stereocenters. The van der Waals surface area contributed by atoms with Crippen LogP contribution in [-0.4, -0.2) is 17.8 Å². The largest absolute Gasteiger partial charge is 0.313 e. The van der Waals surface area contributed by atoms with Crippen molar-refractivity contribution in [3.05, 3.63) is 29.8 Å². The van der Waals surface area contributed by atoms with E-state index in [0.29, 0.717) is 0 Å². The molecule has 0 radical (unpaired) electrons. The maximum absolute atomic E-state index is 3.80. The summed E-state index contributed by atoms with van der Waals surface area (Å²) in [6.07, 6.45) is 6.83. The van der Waals surface area contributed by atoms with Crippen LogP contribution in [0.4, 0.5) is 0 Å². The number of thioether (sulfide) groups is 1. The molecule has 0 bridgehead atoms. The summed E-state index contributed by atoms with van der Waals surface area (Å²) in [6.45, 7) is 3.43. The number of rotatable bonds is 6. The number of benzene rings is 1. The Hall–Kier alpha value is -0.470. The van der Waals surface area contributed by atoms with E-state index in [0.717, 1.165) is 17.2 Å². The molecule has 98 valence electrons. The Balaban J connectivity index is 1.64. The van der Waals surface area contributed by atoms with E-state index in [4.69, 9.17) is 0 Å². The summed E-state index contributed by atoms with van der Waals surface area (Å²) in [5.41, 5.74) is 1.56. The fourth-order valence-corrected chi connectivity index (χ4v) is 4.26. The van der Waals surface area contributed by atoms with E-state index in [1.807, 2.05) is 0 Å². The van der Waals surface area contributed by atoms with Crippen LogP contribution in [0.25, 0.3) is 0 Å². The van der Waals surface area contributed by atoms with Crippen LogP contribution in [0, 0.1) is 5.92 Å². The van der Waals surface area contributed by atoms with Gasteiger partial charge in [0.2, 0.25) is 0 Å². The van der Waals surface area contributed by atoms with Crippen molar-refractivity contribution < 1.29 is 0 Å². The second-order valence-electron chi connectivity index (χ2n) is 5.71. The molecule has 1 aromatic carbocycles. The van der Waals surface area contributed by atoms with Crippen molar-refractivity contribution >= 4 is 11.8 Å². The fraction of sp³-hybridized carbons (Fsp3) is 0.625. The van der Waals surface area contributed by atoms with Gasteiger partial charge in [-0.25, -0.2) is 0 Å². The highest BCUT2D eigenvalue weighted by Gasteiger charge is 2.33. The predicted molar refractivity (Wildman–Crippen MR) is 79.2 cm³/mol. The molecule has 2 heteroatoms. The molecule has 1 saturated carbocycles. The molecule has 1 heterocycles. The lowest BCUT2D eigenvalue weighted by atomic mass is 10.0. The Labute approximate surface area is 115 Å². The maximum Gasteiger partial charge on any atom is 0.0289 e. The Bertz CT molecular complexity index is 375. The van der Waals surface area contributed by atoms with Gasteiger partial charge in [-0.05, 0) is 43.4 Å². The molecule has 1 nitrogen and oxygen atoms in total. The van der Waals surface area contributed by atoms with Crippen molar-refractivity contribution in [2.24, 2.45) is 5.92 Å². The van der Waals surface area contributed by atoms with Crippen LogP contribution in [0.15, 0.2) is 29.2 Å². The summed E-state index contributed by atoms with van der Waals surface area (Å²) in [5.74, 6) is 1.02. The van der Waals surface area contributed by atoms with E-state index >= 15 is 0 Å². The Morgan fingerprint density at radius 3 is 2.89 bits per heavy atom. The van der Waals surface area contributed by atoms with Gasteiger partial charge in [0.1, 0.15) is 0 Å². The van der Waals surface area contributed by atoms with E-state index in [1.54, 1.807) is 5.56 Å². The van der Waals surface area contributed by atoms with Gasteiger partial charge in [0.15, 0.2) is 0 Å². The van der Waals surface area contributed by atoms with Crippen LogP contribution >= 0.6 is 11.8 Å². The van der Waals surface area contributed by atoms with E-state index in [9.17, 15) is 0 Å². The SMILES string of the molecule is CCCNC(CC1CC1)C1Cc2ccccc2S1. The average Bonchev–Trinajstić information content (AvgIpc) is 3.10. The van der Waals surface area contributed by atoms with Crippen LogP contribution in [0.1, 0.15) is 38.2 Å². The Kier molecular flexibility index (Phi) is 3.95. The molecular formula is C16H23NS. The smallest absolute Gasteiger partial charge is 0.0289 e. The van der Waals surface area contributed by atoms with Crippen LogP contribution in [-0.2, 0) is 6.42 Å². The fourth-order valence-electron chi connectivity index (χ4n) is 2.84. The topological polar surface area (TPSA) is 12.0 Å². The summed E-state index contributed by atoms with van der Waals surface area (Å²) in [7, 11) is 0. The summed E-state index contributed by atoms with van der Waals surface area (Å²) >= 11 is 2.10. The normalized spacial score (nSPS) is 23.9. The first-order chi connectivity index (χ1) is 8.86. The molecule has 18 heavy (non-hydrogen) atoms. The number of hydrogen-bond donors (Lipinski definition) is 1. The minimum absolute atomic E-state index is 0.717. The summed E-state index contributed by atoms with van der Waals surface area (Å²) in [5, 5.41) is 4.56. The molecule has 0 amide bonds. The zero-order valence-electron chi connectivity index (χ0n) is 11.2. The highest BCUT2D eigenvalue weighted by Crippen LogP contribution is 2.42. The van der Waals surface area contributed by atoms with Crippen molar-refractivity contribution in [2.75, 3.05) is 6.54 Å². The molecule has 2 unspecified atom stereocenters. The van der Waals surface area contributed by atoms with Gasteiger partial charge in [-0.15, -0.1) is 11.8 Å². The van der Waals surface area contributed by atoms with Crippen LogP contribution in [0.3, 0.4) is 0 Å². The van der Waals surface area contributed by atoms with E-state index in [-0.39, 0.29) is 0 Å². The van der Waals surface area contributed by atoms with Gasteiger partial charge in [0.05, 0.1) is 0 Å². The molecule has 3 rings (SSSR count). The number of fused-ring (bicyclic) bond motifs is 1. The lowest BCUT2D eigenvalue weighted by molar-refractivity contribution is 0.444.